The molecule has 0 unspecified atom stereocenters. The molecule has 0 heterocycles. The van der Waals surface area contributed by atoms with Crippen molar-refractivity contribution in [3.63, 3.8) is 0 Å². The minimum Gasteiger partial charge on any atom is -0.507 e. The topological polar surface area (TPSA) is 66.8 Å². The second-order valence-corrected chi connectivity index (χ2v) is 9.32. The normalized spacial score (nSPS) is 32.8. The lowest BCUT2D eigenvalue weighted by Crippen LogP contribution is -2.43. The van der Waals surface area contributed by atoms with E-state index in [1.54, 1.807) is 18.2 Å². The number of aliphatic hydroxyl groups is 1. The van der Waals surface area contributed by atoms with Crippen LogP contribution in [0.5, 0.6) is 11.5 Å². The van der Waals surface area contributed by atoms with Crippen molar-refractivity contribution in [1.29, 1.82) is 0 Å². The van der Waals surface area contributed by atoms with E-state index in [0.717, 1.165) is 38.5 Å². The third kappa shape index (κ3) is 2.96. The number of hydrogen-bond acceptors (Lipinski definition) is 4. The molecule has 2 aromatic carbocycles. The molecular formula is C25H28O4. The summed E-state index contributed by atoms with van der Waals surface area (Å²) in [6.45, 7) is 2.29. The molecule has 0 radical (unpaired) electrons. The Hall–Kier alpha value is -2.33. The number of esters is 1. The molecule has 2 saturated carbocycles. The summed E-state index contributed by atoms with van der Waals surface area (Å²) < 4.78 is 5.55. The summed E-state index contributed by atoms with van der Waals surface area (Å²) in [5.74, 6) is 1.74. The van der Waals surface area contributed by atoms with Gasteiger partial charge in [0.1, 0.15) is 17.1 Å². The van der Waals surface area contributed by atoms with Gasteiger partial charge in [-0.2, -0.15) is 0 Å². The van der Waals surface area contributed by atoms with E-state index in [2.05, 4.69) is 13.0 Å². The van der Waals surface area contributed by atoms with Crippen LogP contribution in [0.1, 0.15) is 66.4 Å². The molecule has 4 nitrogen and oxygen atoms in total. The van der Waals surface area contributed by atoms with E-state index in [0.29, 0.717) is 23.5 Å². The maximum absolute atomic E-state index is 12.4. The van der Waals surface area contributed by atoms with Crippen LogP contribution in [0.25, 0.3) is 0 Å². The zero-order valence-electron chi connectivity index (χ0n) is 16.8. The van der Waals surface area contributed by atoms with Crippen molar-refractivity contribution in [1.82, 2.24) is 0 Å². The van der Waals surface area contributed by atoms with E-state index < -0.39 is 5.97 Å². The number of phenols is 1. The van der Waals surface area contributed by atoms with Crippen molar-refractivity contribution < 1.29 is 19.7 Å². The highest BCUT2D eigenvalue weighted by Crippen LogP contribution is 2.60. The van der Waals surface area contributed by atoms with Gasteiger partial charge < -0.3 is 14.9 Å². The fraction of sp³-hybridized carbons (Fsp3) is 0.480. The van der Waals surface area contributed by atoms with Gasteiger partial charge in [0.05, 0.1) is 6.10 Å². The SMILES string of the molecule is C[C@]12CC[C@@H]3c4ccc(OC(=O)c5ccccc5O)cc4CC[C@H]3[C@@H]1CC[C@@H]2O. The lowest BCUT2D eigenvalue weighted by molar-refractivity contribution is -0.0226. The van der Waals surface area contributed by atoms with Crippen LogP contribution in [0.15, 0.2) is 42.5 Å². The summed E-state index contributed by atoms with van der Waals surface area (Å²) >= 11 is 0. The molecule has 5 rings (SSSR count). The van der Waals surface area contributed by atoms with Crippen molar-refractivity contribution in [2.24, 2.45) is 17.3 Å². The predicted molar refractivity (Wildman–Crippen MR) is 110 cm³/mol. The van der Waals surface area contributed by atoms with Gasteiger partial charge in [-0.1, -0.05) is 25.1 Å². The molecule has 0 aliphatic heterocycles. The van der Waals surface area contributed by atoms with Crippen LogP contribution in [-0.4, -0.2) is 22.3 Å². The van der Waals surface area contributed by atoms with Gasteiger partial charge in [-0.25, -0.2) is 4.79 Å². The Morgan fingerprint density at radius 1 is 1.10 bits per heavy atom. The Kier molecular flexibility index (Phi) is 4.43. The van der Waals surface area contributed by atoms with Gasteiger partial charge in [-0.3, -0.25) is 0 Å². The van der Waals surface area contributed by atoms with Crippen LogP contribution in [0.3, 0.4) is 0 Å². The first-order valence-corrected chi connectivity index (χ1v) is 10.8. The molecule has 0 saturated heterocycles. The minimum atomic E-state index is -0.537. The highest BCUT2D eigenvalue weighted by molar-refractivity contribution is 5.93. The number of carbonyl (C=O) groups is 1. The number of hydrogen-bond donors (Lipinski definition) is 2. The van der Waals surface area contributed by atoms with Crippen LogP contribution in [-0.2, 0) is 6.42 Å². The largest absolute Gasteiger partial charge is 0.507 e. The van der Waals surface area contributed by atoms with Crippen LogP contribution >= 0.6 is 0 Å². The molecule has 3 aliphatic rings. The number of carbonyl (C=O) groups excluding carboxylic acids is 1. The summed E-state index contributed by atoms with van der Waals surface area (Å²) in [6.07, 6.45) is 6.28. The Morgan fingerprint density at radius 2 is 1.93 bits per heavy atom. The maximum Gasteiger partial charge on any atom is 0.347 e. The molecule has 0 bridgehead atoms. The molecule has 2 N–H and O–H groups in total. The summed E-state index contributed by atoms with van der Waals surface area (Å²) in [6, 6.07) is 12.5. The van der Waals surface area contributed by atoms with Crippen LogP contribution in [0.4, 0.5) is 0 Å². The molecule has 152 valence electrons. The average Bonchev–Trinajstić information content (AvgIpc) is 3.02. The monoisotopic (exact) mass is 392 g/mol. The first-order chi connectivity index (χ1) is 14.0. The maximum atomic E-state index is 12.4. The van der Waals surface area contributed by atoms with Gasteiger partial charge >= 0.3 is 5.97 Å². The zero-order valence-corrected chi connectivity index (χ0v) is 16.8. The smallest absolute Gasteiger partial charge is 0.347 e. The van der Waals surface area contributed by atoms with Crippen LogP contribution in [0, 0.1) is 17.3 Å². The van der Waals surface area contributed by atoms with Crippen molar-refractivity contribution in [2.45, 2.75) is 57.5 Å². The summed E-state index contributed by atoms with van der Waals surface area (Å²) in [5.41, 5.74) is 2.94. The molecule has 2 fully saturated rings. The van der Waals surface area contributed by atoms with E-state index in [4.69, 9.17) is 4.74 Å². The predicted octanol–water partition coefficient (Wildman–Crippen LogP) is 4.83. The van der Waals surface area contributed by atoms with Gasteiger partial charge in [0.15, 0.2) is 0 Å². The Morgan fingerprint density at radius 3 is 2.76 bits per heavy atom. The summed E-state index contributed by atoms with van der Waals surface area (Å²) in [5, 5.41) is 20.4. The molecule has 29 heavy (non-hydrogen) atoms. The fourth-order valence-electron chi connectivity index (χ4n) is 6.40. The van der Waals surface area contributed by atoms with Gasteiger partial charge in [0.2, 0.25) is 0 Å². The third-order valence-corrected chi connectivity index (χ3v) is 7.98. The first-order valence-electron chi connectivity index (χ1n) is 10.8. The number of phenolic OH excluding ortho intramolecular Hbond substituents is 1. The third-order valence-electron chi connectivity index (χ3n) is 7.98. The Bertz CT molecular complexity index is 952. The second-order valence-electron chi connectivity index (χ2n) is 9.32. The van der Waals surface area contributed by atoms with E-state index in [-0.39, 0.29) is 22.8 Å². The van der Waals surface area contributed by atoms with Crippen LogP contribution in [0.2, 0.25) is 0 Å². The van der Waals surface area contributed by atoms with E-state index in [9.17, 15) is 15.0 Å². The molecule has 0 spiro atoms. The molecule has 3 aliphatic carbocycles. The van der Waals surface area contributed by atoms with Gasteiger partial charge in [-0.05, 0) is 97.1 Å². The van der Waals surface area contributed by atoms with Crippen molar-refractivity contribution in [2.75, 3.05) is 0 Å². The number of aryl methyl sites for hydroxylation is 1. The van der Waals surface area contributed by atoms with E-state index in [1.165, 1.54) is 17.2 Å². The quantitative estimate of drug-likeness (QED) is 0.568. The molecule has 4 heteroatoms. The lowest BCUT2D eigenvalue weighted by atomic mass is 9.55. The number of para-hydroxylation sites is 1. The van der Waals surface area contributed by atoms with E-state index >= 15 is 0 Å². The highest BCUT2D eigenvalue weighted by atomic mass is 16.5. The molecule has 2 aromatic rings. The number of benzene rings is 2. The zero-order chi connectivity index (χ0) is 20.2. The molecular weight excluding hydrogens is 364 g/mol. The van der Waals surface area contributed by atoms with Crippen molar-refractivity contribution in [3.8, 4) is 11.5 Å². The fourth-order valence-corrected chi connectivity index (χ4v) is 6.40. The Balaban J connectivity index is 1.37. The summed E-state index contributed by atoms with van der Waals surface area (Å²) in [7, 11) is 0. The lowest BCUT2D eigenvalue weighted by Gasteiger charge is -2.50. The van der Waals surface area contributed by atoms with Crippen molar-refractivity contribution >= 4 is 5.97 Å². The molecule has 5 atom stereocenters. The van der Waals surface area contributed by atoms with Crippen LogP contribution < -0.4 is 4.74 Å². The number of rotatable bonds is 2. The van der Waals surface area contributed by atoms with Crippen molar-refractivity contribution in [3.05, 3.63) is 59.2 Å². The summed E-state index contributed by atoms with van der Waals surface area (Å²) in [4.78, 5) is 12.4. The highest BCUT2D eigenvalue weighted by Gasteiger charge is 2.54. The average molecular weight is 392 g/mol. The minimum absolute atomic E-state index is 0.0673. The number of fused-ring (bicyclic) bond motifs is 5. The second kappa shape index (κ2) is 6.88. The Labute approximate surface area is 171 Å². The standard InChI is InChI=1S/C25H28O4/c1-25-13-12-18-17-9-7-16(29-24(28)20-4-2-3-5-22(20)26)14-15(17)6-8-19(18)21(25)10-11-23(25)27/h2-5,7,9,14,18-19,21,23,26-27H,6,8,10-13H2,1H3/t18-,19-,21+,23+,25+/m1/s1. The van der Waals surface area contributed by atoms with Gasteiger partial charge in [0.25, 0.3) is 0 Å². The first kappa shape index (κ1) is 18.7. The number of aromatic hydroxyl groups is 1. The molecule has 0 amide bonds. The number of aliphatic hydroxyl groups excluding tert-OH is 1. The molecule has 0 aromatic heterocycles. The van der Waals surface area contributed by atoms with Gasteiger partial charge in [0, 0.05) is 0 Å². The van der Waals surface area contributed by atoms with Gasteiger partial charge in [-0.15, -0.1) is 0 Å². The number of ether oxygens (including phenoxy) is 1. The van der Waals surface area contributed by atoms with E-state index in [1.807, 2.05) is 12.1 Å².